The maximum absolute atomic E-state index is 11.9. The Morgan fingerprint density at radius 1 is 1.68 bits per heavy atom. The molecule has 0 saturated carbocycles. The third-order valence-electron chi connectivity index (χ3n) is 2.64. The maximum atomic E-state index is 11.9. The highest BCUT2D eigenvalue weighted by Crippen LogP contribution is 2.24. The topological polar surface area (TPSA) is 68.5 Å². The number of hydrogen-bond donors (Lipinski definition) is 1. The fourth-order valence-corrected chi connectivity index (χ4v) is 2.50. The maximum Gasteiger partial charge on any atom is 0.224 e. The molecular weight excluding hydrogens is 309 g/mol. The number of nitrogens with two attached hydrogens (primary N) is 1. The monoisotopic (exact) mass is 327 g/mol. The van der Waals surface area contributed by atoms with Crippen LogP contribution in [0, 0.1) is 0 Å². The summed E-state index contributed by atoms with van der Waals surface area (Å²) in [4.78, 5) is 17.9. The summed E-state index contributed by atoms with van der Waals surface area (Å²) >= 11 is 1.56. The molecule has 2 atom stereocenters. The predicted octanol–water partition coefficient (Wildman–Crippen LogP) is 1.62. The van der Waals surface area contributed by atoms with Crippen molar-refractivity contribution in [3.8, 4) is 0 Å². The van der Waals surface area contributed by atoms with E-state index in [9.17, 15) is 4.79 Å². The van der Waals surface area contributed by atoms with Gasteiger partial charge in [-0.2, -0.15) is 0 Å². The first kappa shape index (κ1) is 18.6. The minimum atomic E-state index is -0.0938. The van der Waals surface area contributed by atoms with Gasteiger partial charge in [-0.05, 0) is 6.92 Å². The lowest BCUT2D eigenvalue weighted by Gasteiger charge is -2.32. The summed E-state index contributed by atoms with van der Waals surface area (Å²) in [5.41, 5.74) is 5.64. The van der Waals surface area contributed by atoms with Crippen molar-refractivity contribution >= 4 is 42.1 Å². The molecule has 2 unspecified atom stereocenters. The third kappa shape index (κ3) is 5.24. The van der Waals surface area contributed by atoms with Gasteiger partial charge in [0, 0.05) is 30.6 Å². The minimum absolute atomic E-state index is 0. The Kier molecular flexibility index (Phi) is 8.52. The Bertz CT molecular complexity index is 376. The SMILES string of the molecule is CC(N)CC(=O)N1CCOC(c2nccs2)C1.Cl.Cl. The third-order valence-corrected chi connectivity index (χ3v) is 3.51. The first-order chi connectivity index (χ1) is 8.16. The van der Waals surface area contributed by atoms with E-state index >= 15 is 0 Å². The van der Waals surface area contributed by atoms with E-state index in [4.69, 9.17) is 10.5 Å². The average molecular weight is 328 g/mol. The Labute approximate surface area is 129 Å². The second kappa shape index (κ2) is 8.71. The number of halogens is 2. The summed E-state index contributed by atoms with van der Waals surface area (Å²) in [6.45, 7) is 3.64. The van der Waals surface area contributed by atoms with Crippen molar-refractivity contribution in [2.24, 2.45) is 5.73 Å². The lowest BCUT2D eigenvalue weighted by atomic mass is 10.2. The van der Waals surface area contributed by atoms with Crippen molar-refractivity contribution in [3.05, 3.63) is 16.6 Å². The van der Waals surface area contributed by atoms with Gasteiger partial charge in [0.15, 0.2) is 0 Å². The number of nitrogens with zero attached hydrogens (tertiary/aromatic N) is 2. The molecule has 0 aromatic carbocycles. The number of aromatic nitrogens is 1. The van der Waals surface area contributed by atoms with Crippen molar-refractivity contribution in [1.29, 1.82) is 0 Å². The largest absolute Gasteiger partial charge is 0.367 e. The molecule has 110 valence electrons. The number of morpholine rings is 1. The van der Waals surface area contributed by atoms with Gasteiger partial charge in [0.1, 0.15) is 11.1 Å². The molecule has 1 aromatic rings. The van der Waals surface area contributed by atoms with Crippen LogP contribution in [0.4, 0.5) is 0 Å². The van der Waals surface area contributed by atoms with Crippen LogP contribution < -0.4 is 5.73 Å². The van der Waals surface area contributed by atoms with Crippen molar-refractivity contribution in [2.45, 2.75) is 25.5 Å². The van der Waals surface area contributed by atoms with Crippen LogP contribution in [0.15, 0.2) is 11.6 Å². The number of thiazole rings is 1. The Morgan fingerprint density at radius 3 is 3.00 bits per heavy atom. The smallest absolute Gasteiger partial charge is 0.224 e. The number of amides is 1. The van der Waals surface area contributed by atoms with E-state index < -0.39 is 0 Å². The van der Waals surface area contributed by atoms with E-state index in [1.807, 2.05) is 17.2 Å². The molecule has 2 heterocycles. The minimum Gasteiger partial charge on any atom is -0.367 e. The van der Waals surface area contributed by atoms with Crippen LogP contribution in [0.5, 0.6) is 0 Å². The molecule has 0 aliphatic carbocycles. The number of hydrogen-bond acceptors (Lipinski definition) is 5. The molecule has 1 amide bonds. The number of carbonyl (C=O) groups is 1. The van der Waals surface area contributed by atoms with Gasteiger partial charge in [-0.3, -0.25) is 4.79 Å². The zero-order valence-corrected chi connectivity index (χ0v) is 13.1. The van der Waals surface area contributed by atoms with Crippen LogP contribution in [0.2, 0.25) is 0 Å². The normalized spacial score (nSPS) is 20.1. The van der Waals surface area contributed by atoms with E-state index in [0.717, 1.165) is 5.01 Å². The first-order valence-electron chi connectivity index (χ1n) is 5.71. The van der Waals surface area contributed by atoms with E-state index in [0.29, 0.717) is 26.1 Å². The molecule has 0 spiro atoms. The van der Waals surface area contributed by atoms with E-state index in [2.05, 4.69) is 4.98 Å². The lowest BCUT2D eigenvalue weighted by molar-refractivity contribution is -0.139. The van der Waals surface area contributed by atoms with Crippen molar-refractivity contribution < 1.29 is 9.53 Å². The van der Waals surface area contributed by atoms with E-state index in [-0.39, 0.29) is 42.9 Å². The molecule has 1 saturated heterocycles. The van der Waals surface area contributed by atoms with Crippen molar-refractivity contribution in [2.75, 3.05) is 19.7 Å². The second-order valence-corrected chi connectivity index (χ2v) is 5.18. The number of carbonyl (C=O) groups excluding carboxylic acids is 1. The van der Waals surface area contributed by atoms with Gasteiger partial charge < -0.3 is 15.4 Å². The van der Waals surface area contributed by atoms with Crippen LogP contribution in [0.1, 0.15) is 24.5 Å². The van der Waals surface area contributed by atoms with Gasteiger partial charge in [-0.1, -0.05) is 0 Å². The molecule has 19 heavy (non-hydrogen) atoms. The van der Waals surface area contributed by atoms with Gasteiger partial charge in [-0.25, -0.2) is 4.98 Å². The molecular formula is C11H19Cl2N3O2S. The summed E-state index contributed by atoms with van der Waals surface area (Å²) in [5.74, 6) is 0.102. The van der Waals surface area contributed by atoms with Crippen LogP contribution in [0.3, 0.4) is 0 Å². The summed E-state index contributed by atoms with van der Waals surface area (Å²) in [5, 5.41) is 2.85. The highest BCUT2D eigenvalue weighted by atomic mass is 35.5. The summed E-state index contributed by atoms with van der Waals surface area (Å²) < 4.78 is 5.63. The molecule has 8 heteroatoms. The molecule has 2 N–H and O–H groups in total. The lowest BCUT2D eigenvalue weighted by Crippen LogP contribution is -2.43. The summed E-state index contributed by atoms with van der Waals surface area (Å²) in [7, 11) is 0. The molecule has 0 bridgehead atoms. The van der Waals surface area contributed by atoms with Gasteiger partial charge >= 0.3 is 0 Å². The van der Waals surface area contributed by atoms with Crippen molar-refractivity contribution in [1.82, 2.24) is 9.88 Å². The first-order valence-corrected chi connectivity index (χ1v) is 6.59. The van der Waals surface area contributed by atoms with Crippen LogP contribution >= 0.6 is 36.2 Å². The Balaban J connectivity index is 0.00000162. The quantitative estimate of drug-likeness (QED) is 0.916. The van der Waals surface area contributed by atoms with Crippen molar-refractivity contribution in [3.63, 3.8) is 0 Å². The zero-order valence-electron chi connectivity index (χ0n) is 10.7. The number of ether oxygens (including phenoxy) is 1. The summed E-state index contributed by atoms with van der Waals surface area (Å²) in [6, 6.07) is -0.0938. The number of rotatable bonds is 3. The fraction of sp³-hybridized carbons (Fsp3) is 0.636. The fourth-order valence-electron chi connectivity index (χ4n) is 1.82. The predicted molar refractivity (Wildman–Crippen MR) is 80.1 cm³/mol. The van der Waals surface area contributed by atoms with Crippen LogP contribution in [-0.4, -0.2) is 41.5 Å². The van der Waals surface area contributed by atoms with Gasteiger partial charge in [0.2, 0.25) is 5.91 Å². The van der Waals surface area contributed by atoms with Gasteiger partial charge in [0.25, 0.3) is 0 Å². The Morgan fingerprint density at radius 2 is 2.42 bits per heavy atom. The summed E-state index contributed by atoms with van der Waals surface area (Å²) in [6.07, 6.45) is 2.07. The molecule has 1 aliphatic heterocycles. The standard InChI is InChI=1S/C11H17N3O2S.2ClH/c1-8(12)6-10(15)14-3-4-16-9(7-14)11-13-2-5-17-11;;/h2,5,8-9H,3-4,6-7,12H2,1H3;2*1H. The zero-order chi connectivity index (χ0) is 12.3. The van der Waals surface area contributed by atoms with Gasteiger partial charge in [-0.15, -0.1) is 36.2 Å². The molecule has 1 aromatic heterocycles. The molecule has 5 nitrogen and oxygen atoms in total. The van der Waals surface area contributed by atoms with Crippen LogP contribution in [0.25, 0.3) is 0 Å². The highest BCUT2D eigenvalue weighted by molar-refractivity contribution is 7.09. The molecule has 1 fully saturated rings. The second-order valence-electron chi connectivity index (χ2n) is 4.25. The molecule has 0 radical (unpaired) electrons. The van der Waals surface area contributed by atoms with E-state index in [1.54, 1.807) is 17.5 Å². The highest BCUT2D eigenvalue weighted by Gasteiger charge is 2.26. The molecule has 2 rings (SSSR count). The Hall–Kier alpha value is -0.400. The van der Waals surface area contributed by atoms with Gasteiger partial charge in [0.05, 0.1) is 13.2 Å². The van der Waals surface area contributed by atoms with E-state index in [1.165, 1.54) is 0 Å². The average Bonchev–Trinajstić information content (AvgIpc) is 2.82. The molecule has 1 aliphatic rings. The van der Waals surface area contributed by atoms with Crippen LogP contribution in [-0.2, 0) is 9.53 Å².